The van der Waals surface area contributed by atoms with Gasteiger partial charge in [-0.3, -0.25) is 0 Å². The zero-order chi connectivity index (χ0) is 11.1. The van der Waals surface area contributed by atoms with Crippen LogP contribution in [0.5, 0.6) is 0 Å². The van der Waals surface area contributed by atoms with Crippen molar-refractivity contribution >= 4 is 0 Å². The molecule has 0 bridgehead atoms. The quantitative estimate of drug-likeness (QED) is 0.732. The third-order valence-electron chi connectivity index (χ3n) is 3.79. The number of nitrogens with one attached hydrogen (secondary N) is 1. The maximum atomic E-state index is 5.87. The average molecular weight is 213 g/mol. The summed E-state index contributed by atoms with van der Waals surface area (Å²) in [4.78, 5) is 0. The highest BCUT2D eigenvalue weighted by molar-refractivity contribution is 4.94. The van der Waals surface area contributed by atoms with E-state index >= 15 is 0 Å². The van der Waals surface area contributed by atoms with Crippen LogP contribution < -0.4 is 5.32 Å². The van der Waals surface area contributed by atoms with E-state index in [2.05, 4.69) is 19.2 Å². The number of ether oxygens (including phenoxy) is 1. The van der Waals surface area contributed by atoms with Crippen molar-refractivity contribution in [1.82, 2.24) is 5.32 Å². The van der Waals surface area contributed by atoms with Crippen molar-refractivity contribution in [3.8, 4) is 0 Å². The zero-order valence-electron chi connectivity index (χ0n) is 10.6. The van der Waals surface area contributed by atoms with Gasteiger partial charge in [0.25, 0.3) is 0 Å². The summed E-state index contributed by atoms with van der Waals surface area (Å²) in [6.07, 6.45) is 8.90. The van der Waals surface area contributed by atoms with Crippen LogP contribution in [0.25, 0.3) is 0 Å². The van der Waals surface area contributed by atoms with Crippen molar-refractivity contribution in [3.63, 3.8) is 0 Å². The van der Waals surface area contributed by atoms with Gasteiger partial charge in [-0.05, 0) is 32.2 Å². The average Bonchev–Trinajstić information content (AvgIpc) is 2.31. The monoisotopic (exact) mass is 213 g/mol. The second kappa shape index (κ2) is 6.49. The van der Waals surface area contributed by atoms with Crippen LogP contribution in [0.15, 0.2) is 0 Å². The van der Waals surface area contributed by atoms with Gasteiger partial charge in [-0.1, -0.05) is 33.1 Å². The molecule has 0 amide bonds. The first-order valence-electron chi connectivity index (χ1n) is 6.57. The molecule has 1 aliphatic rings. The fourth-order valence-corrected chi connectivity index (χ4v) is 2.87. The molecular formula is C13H27NO. The van der Waals surface area contributed by atoms with Gasteiger partial charge in [0, 0.05) is 13.2 Å². The summed E-state index contributed by atoms with van der Waals surface area (Å²) in [6.45, 7) is 5.60. The fourth-order valence-electron chi connectivity index (χ4n) is 2.87. The van der Waals surface area contributed by atoms with Crippen LogP contribution in [0.3, 0.4) is 0 Å². The van der Waals surface area contributed by atoms with Crippen molar-refractivity contribution in [1.29, 1.82) is 0 Å². The highest BCUT2D eigenvalue weighted by Crippen LogP contribution is 2.35. The van der Waals surface area contributed by atoms with E-state index in [4.69, 9.17) is 4.74 Å². The summed E-state index contributed by atoms with van der Waals surface area (Å²) in [5, 5.41) is 3.66. The lowest BCUT2D eigenvalue weighted by Gasteiger charge is -2.42. The summed E-state index contributed by atoms with van der Waals surface area (Å²) in [5.41, 5.74) is 0.127. The van der Waals surface area contributed by atoms with E-state index < -0.39 is 0 Å². The smallest absolute Gasteiger partial charge is 0.0830 e. The van der Waals surface area contributed by atoms with E-state index in [0.29, 0.717) is 6.04 Å². The van der Waals surface area contributed by atoms with Gasteiger partial charge in [0.2, 0.25) is 0 Å². The third kappa shape index (κ3) is 3.18. The molecule has 1 rings (SSSR count). The lowest BCUT2D eigenvalue weighted by atomic mass is 9.78. The maximum absolute atomic E-state index is 5.87. The molecule has 2 nitrogen and oxygen atoms in total. The number of methoxy groups -OCH3 is 1. The Kier molecular flexibility index (Phi) is 5.62. The van der Waals surface area contributed by atoms with E-state index in [1.165, 1.54) is 44.9 Å². The Bertz CT molecular complexity index is 164. The molecular weight excluding hydrogens is 186 g/mol. The second-order valence-corrected chi connectivity index (χ2v) is 4.74. The topological polar surface area (TPSA) is 21.3 Å². The molecule has 1 unspecified atom stereocenters. The highest BCUT2D eigenvalue weighted by Gasteiger charge is 2.38. The molecule has 0 radical (unpaired) electrons. The summed E-state index contributed by atoms with van der Waals surface area (Å²) in [6, 6.07) is 0.544. The maximum Gasteiger partial charge on any atom is 0.0830 e. The molecule has 15 heavy (non-hydrogen) atoms. The van der Waals surface area contributed by atoms with Gasteiger partial charge in [-0.2, -0.15) is 0 Å². The van der Waals surface area contributed by atoms with E-state index in [1.54, 1.807) is 0 Å². The van der Waals surface area contributed by atoms with Gasteiger partial charge in [0.15, 0.2) is 0 Å². The van der Waals surface area contributed by atoms with Gasteiger partial charge in [0.1, 0.15) is 0 Å². The first kappa shape index (κ1) is 13.0. The largest absolute Gasteiger partial charge is 0.377 e. The van der Waals surface area contributed by atoms with Crippen molar-refractivity contribution in [3.05, 3.63) is 0 Å². The normalized spacial score (nSPS) is 22.6. The predicted molar refractivity (Wildman–Crippen MR) is 65.2 cm³/mol. The standard InChI is InChI=1S/C13H27NO/c1-4-11-14-12(5-2)13(15-3)9-7-6-8-10-13/h12,14H,4-11H2,1-3H3. The minimum atomic E-state index is 0.127. The zero-order valence-corrected chi connectivity index (χ0v) is 10.6. The lowest BCUT2D eigenvalue weighted by Crippen LogP contribution is -2.53. The molecule has 2 heteroatoms. The van der Waals surface area contributed by atoms with Crippen LogP contribution in [-0.2, 0) is 4.74 Å². The van der Waals surface area contributed by atoms with Gasteiger partial charge >= 0.3 is 0 Å². The van der Waals surface area contributed by atoms with Crippen LogP contribution in [0.1, 0.15) is 58.8 Å². The Morgan fingerprint density at radius 3 is 2.33 bits per heavy atom. The highest BCUT2D eigenvalue weighted by atomic mass is 16.5. The molecule has 1 N–H and O–H groups in total. The van der Waals surface area contributed by atoms with Crippen LogP contribution in [0, 0.1) is 0 Å². The Morgan fingerprint density at radius 2 is 1.87 bits per heavy atom. The number of hydrogen-bond acceptors (Lipinski definition) is 2. The van der Waals surface area contributed by atoms with Crippen molar-refractivity contribution in [2.24, 2.45) is 0 Å². The molecule has 0 aromatic carbocycles. The number of hydrogen-bond donors (Lipinski definition) is 1. The van der Waals surface area contributed by atoms with Crippen molar-refractivity contribution < 1.29 is 4.74 Å². The minimum Gasteiger partial charge on any atom is -0.377 e. The van der Waals surface area contributed by atoms with Gasteiger partial charge < -0.3 is 10.1 Å². The molecule has 1 atom stereocenters. The van der Waals surface area contributed by atoms with Crippen LogP contribution in [0.4, 0.5) is 0 Å². The first-order valence-corrected chi connectivity index (χ1v) is 6.57. The van der Waals surface area contributed by atoms with E-state index in [0.717, 1.165) is 6.54 Å². The van der Waals surface area contributed by atoms with Gasteiger partial charge in [0.05, 0.1) is 5.60 Å². The van der Waals surface area contributed by atoms with Crippen molar-refractivity contribution in [2.75, 3.05) is 13.7 Å². The second-order valence-electron chi connectivity index (χ2n) is 4.74. The molecule has 1 aliphatic carbocycles. The Balaban J connectivity index is 2.58. The molecule has 0 heterocycles. The molecule has 0 saturated heterocycles. The number of rotatable bonds is 6. The van der Waals surface area contributed by atoms with Crippen LogP contribution in [0.2, 0.25) is 0 Å². The molecule has 90 valence electrons. The fraction of sp³-hybridized carbons (Fsp3) is 1.00. The Labute approximate surface area is 94.8 Å². The van der Waals surface area contributed by atoms with Crippen molar-refractivity contribution in [2.45, 2.75) is 70.4 Å². The molecule has 1 saturated carbocycles. The SMILES string of the molecule is CCCNC(CC)C1(OC)CCCCC1. The third-order valence-corrected chi connectivity index (χ3v) is 3.79. The molecule has 0 aromatic heterocycles. The lowest BCUT2D eigenvalue weighted by molar-refractivity contribution is -0.0681. The van der Waals surface area contributed by atoms with Crippen LogP contribution in [-0.4, -0.2) is 25.3 Å². The summed E-state index contributed by atoms with van der Waals surface area (Å²) in [7, 11) is 1.89. The minimum absolute atomic E-state index is 0.127. The molecule has 1 fully saturated rings. The molecule has 0 aliphatic heterocycles. The van der Waals surface area contributed by atoms with Crippen LogP contribution >= 0.6 is 0 Å². The molecule has 0 spiro atoms. The van der Waals surface area contributed by atoms with E-state index in [-0.39, 0.29) is 5.60 Å². The first-order chi connectivity index (χ1) is 7.29. The van der Waals surface area contributed by atoms with Gasteiger partial charge in [-0.25, -0.2) is 0 Å². The van der Waals surface area contributed by atoms with E-state index in [9.17, 15) is 0 Å². The van der Waals surface area contributed by atoms with Gasteiger partial charge in [-0.15, -0.1) is 0 Å². The molecule has 0 aromatic rings. The predicted octanol–water partition coefficient (Wildman–Crippen LogP) is 3.11. The van der Waals surface area contributed by atoms with E-state index in [1.807, 2.05) is 7.11 Å². The summed E-state index contributed by atoms with van der Waals surface area (Å²) in [5.74, 6) is 0. The Morgan fingerprint density at radius 1 is 1.20 bits per heavy atom. The summed E-state index contributed by atoms with van der Waals surface area (Å²) < 4.78 is 5.87. The summed E-state index contributed by atoms with van der Waals surface area (Å²) >= 11 is 0. The Hall–Kier alpha value is -0.0800.